The molecule has 0 aromatic carbocycles. The molecule has 2 heterocycles. The van der Waals surface area contributed by atoms with Crippen molar-refractivity contribution in [3.63, 3.8) is 0 Å². The van der Waals surface area contributed by atoms with Crippen LogP contribution in [0.25, 0.3) is 0 Å². The van der Waals surface area contributed by atoms with Crippen molar-refractivity contribution < 1.29 is 17.9 Å². The Morgan fingerprint density at radius 3 is 2.58 bits per heavy atom. The van der Waals surface area contributed by atoms with Crippen LogP contribution in [0.5, 0.6) is 0 Å². The quantitative estimate of drug-likeness (QED) is 0.539. The number of piperidine rings is 1. The number of isocyanates is 1. The normalized spacial score (nSPS) is 27.9. The summed E-state index contributed by atoms with van der Waals surface area (Å²) in [5.41, 5.74) is 0. The van der Waals surface area contributed by atoms with Crippen LogP contribution in [0, 0.1) is 5.92 Å². The lowest BCUT2D eigenvalue weighted by Gasteiger charge is -2.37. The van der Waals surface area contributed by atoms with Crippen molar-refractivity contribution in [3.8, 4) is 0 Å². The summed E-state index contributed by atoms with van der Waals surface area (Å²) in [6.07, 6.45) is 2.37. The fourth-order valence-corrected chi connectivity index (χ4v) is 4.06. The topological polar surface area (TPSA) is 79.3 Å². The molecule has 8 heteroatoms. The first-order valence-corrected chi connectivity index (χ1v) is 7.87. The SMILES string of the molecule is CC1CCN(S(=O)(=O)N2CCOCC2N=C=O)CC1. The second-order valence-corrected chi connectivity index (χ2v) is 6.86. The number of rotatable bonds is 3. The molecule has 2 rings (SSSR count). The van der Waals surface area contributed by atoms with Crippen molar-refractivity contribution in [1.82, 2.24) is 8.61 Å². The van der Waals surface area contributed by atoms with Crippen molar-refractivity contribution in [2.45, 2.75) is 25.9 Å². The maximum Gasteiger partial charge on any atom is 0.284 e. The van der Waals surface area contributed by atoms with Gasteiger partial charge in [-0.15, -0.1) is 0 Å². The first-order chi connectivity index (χ1) is 9.05. The van der Waals surface area contributed by atoms with Crippen LogP contribution in [0.4, 0.5) is 0 Å². The number of aliphatic imine (C=N–C) groups is 1. The standard InChI is InChI=1S/C11H19N3O4S/c1-10-2-4-13(5-3-10)19(16,17)14-6-7-18-8-11(14)12-9-15/h10-11H,2-8H2,1H3. The molecule has 0 aromatic heterocycles. The number of carbonyl (C=O) groups excluding carboxylic acids is 1. The van der Waals surface area contributed by atoms with Crippen LogP contribution < -0.4 is 0 Å². The molecular weight excluding hydrogens is 270 g/mol. The van der Waals surface area contributed by atoms with E-state index in [9.17, 15) is 13.2 Å². The van der Waals surface area contributed by atoms with Crippen LogP contribution in [0.2, 0.25) is 0 Å². The Labute approximate surface area is 113 Å². The molecule has 0 saturated carbocycles. The number of nitrogens with zero attached hydrogens (tertiary/aromatic N) is 3. The van der Waals surface area contributed by atoms with Gasteiger partial charge in [-0.05, 0) is 18.8 Å². The van der Waals surface area contributed by atoms with Crippen molar-refractivity contribution in [2.24, 2.45) is 10.9 Å². The molecule has 2 aliphatic rings. The zero-order valence-corrected chi connectivity index (χ0v) is 11.8. The molecule has 19 heavy (non-hydrogen) atoms. The van der Waals surface area contributed by atoms with Crippen LogP contribution in [-0.2, 0) is 19.7 Å². The number of morpholine rings is 1. The van der Waals surface area contributed by atoms with Crippen molar-refractivity contribution >= 4 is 16.3 Å². The highest BCUT2D eigenvalue weighted by Gasteiger charge is 2.38. The van der Waals surface area contributed by atoms with E-state index in [2.05, 4.69) is 11.9 Å². The van der Waals surface area contributed by atoms with E-state index < -0.39 is 16.4 Å². The highest BCUT2D eigenvalue weighted by atomic mass is 32.2. The highest BCUT2D eigenvalue weighted by Crippen LogP contribution is 2.23. The van der Waals surface area contributed by atoms with E-state index >= 15 is 0 Å². The zero-order chi connectivity index (χ0) is 13.9. The molecule has 0 bridgehead atoms. The molecule has 0 radical (unpaired) electrons. The molecular formula is C11H19N3O4S. The predicted octanol–water partition coefficient (Wildman–Crippen LogP) is -0.0428. The van der Waals surface area contributed by atoms with Crippen molar-refractivity contribution in [2.75, 3.05) is 32.8 Å². The molecule has 1 atom stereocenters. The van der Waals surface area contributed by atoms with Gasteiger partial charge in [0.05, 0.1) is 13.2 Å². The van der Waals surface area contributed by atoms with E-state index in [-0.39, 0.29) is 13.2 Å². The van der Waals surface area contributed by atoms with Gasteiger partial charge < -0.3 is 4.74 Å². The lowest BCUT2D eigenvalue weighted by Crippen LogP contribution is -2.54. The lowest BCUT2D eigenvalue weighted by atomic mass is 10.0. The van der Waals surface area contributed by atoms with Crippen molar-refractivity contribution in [3.05, 3.63) is 0 Å². The summed E-state index contributed by atoms with van der Waals surface area (Å²) in [5, 5.41) is 0. The van der Waals surface area contributed by atoms with E-state index in [0.29, 0.717) is 25.6 Å². The van der Waals surface area contributed by atoms with Gasteiger partial charge in [-0.3, -0.25) is 0 Å². The zero-order valence-electron chi connectivity index (χ0n) is 11.0. The maximum absolute atomic E-state index is 12.5. The summed E-state index contributed by atoms with van der Waals surface area (Å²) in [5.74, 6) is 0.555. The first-order valence-electron chi connectivity index (χ1n) is 6.47. The minimum atomic E-state index is -3.57. The number of ether oxygens (including phenoxy) is 1. The number of hydrogen-bond acceptors (Lipinski definition) is 5. The third kappa shape index (κ3) is 3.21. The van der Waals surface area contributed by atoms with Gasteiger partial charge in [0.25, 0.3) is 10.2 Å². The fourth-order valence-electron chi connectivity index (χ4n) is 2.37. The second-order valence-electron chi connectivity index (χ2n) is 4.98. The monoisotopic (exact) mass is 289 g/mol. The second kappa shape index (κ2) is 6.11. The van der Waals surface area contributed by atoms with Crippen LogP contribution in [0.1, 0.15) is 19.8 Å². The van der Waals surface area contributed by atoms with Gasteiger partial charge >= 0.3 is 0 Å². The molecule has 7 nitrogen and oxygen atoms in total. The van der Waals surface area contributed by atoms with Crippen LogP contribution in [-0.4, -0.2) is 62.1 Å². The Kier molecular flexibility index (Phi) is 4.70. The molecule has 0 aliphatic carbocycles. The third-order valence-electron chi connectivity index (χ3n) is 3.62. The molecule has 2 saturated heterocycles. The average Bonchev–Trinajstić information content (AvgIpc) is 2.40. The van der Waals surface area contributed by atoms with Crippen LogP contribution in [0.3, 0.4) is 0 Å². The predicted molar refractivity (Wildman–Crippen MR) is 68.3 cm³/mol. The molecule has 0 N–H and O–H groups in total. The Hall–Kier alpha value is -0.790. The third-order valence-corrected chi connectivity index (χ3v) is 5.66. The van der Waals surface area contributed by atoms with Gasteiger partial charge in [0.2, 0.25) is 6.08 Å². The minimum Gasteiger partial charge on any atom is -0.376 e. The van der Waals surface area contributed by atoms with Crippen LogP contribution >= 0.6 is 0 Å². The summed E-state index contributed by atoms with van der Waals surface area (Å²) >= 11 is 0. The van der Waals surface area contributed by atoms with Gasteiger partial charge in [0.15, 0.2) is 6.17 Å². The van der Waals surface area contributed by atoms with E-state index in [4.69, 9.17) is 4.74 Å². The van der Waals surface area contributed by atoms with Gasteiger partial charge in [-0.25, -0.2) is 4.79 Å². The van der Waals surface area contributed by atoms with Gasteiger partial charge in [-0.2, -0.15) is 22.0 Å². The Morgan fingerprint density at radius 2 is 1.95 bits per heavy atom. The Balaban J connectivity index is 2.14. The summed E-state index contributed by atoms with van der Waals surface area (Å²) < 4.78 is 33.0. The first kappa shape index (κ1) is 14.6. The summed E-state index contributed by atoms with van der Waals surface area (Å²) in [7, 11) is -3.57. The maximum atomic E-state index is 12.5. The smallest absolute Gasteiger partial charge is 0.284 e. The van der Waals surface area contributed by atoms with E-state index in [1.807, 2.05) is 0 Å². The number of hydrogen-bond donors (Lipinski definition) is 0. The molecule has 0 spiro atoms. The van der Waals surface area contributed by atoms with E-state index in [1.54, 1.807) is 0 Å². The summed E-state index contributed by atoms with van der Waals surface area (Å²) in [6.45, 7) is 3.84. The Morgan fingerprint density at radius 1 is 1.26 bits per heavy atom. The van der Waals surface area contributed by atoms with Gasteiger partial charge in [0, 0.05) is 19.6 Å². The summed E-state index contributed by atoms with van der Waals surface area (Å²) in [6, 6.07) is 0. The summed E-state index contributed by atoms with van der Waals surface area (Å²) in [4.78, 5) is 13.9. The van der Waals surface area contributed by atoms with E-state index in [0.717, 1.165) is 12.8 Å². The van der Waals surface area contributed by atoms with Crippen molar-refractivity contribution in [1.29, 1.82) is 0 Å². The molecule has 108 valence electrons. The van der Waals surface area contributed by atoms with E-state index in [1.165, 1.54) is 14.7 Å². The minimum absolute atomic E-state index is 0.110. The van der Waals surface area contributed by atoms with Crippen LogP contribution in [0.15, 0.2) is 4.99 Å². The average molecular weight is 289 g/mol. The molecule has 0 aromatic rings. The largest absolute Gasteiger partial charge is 0.376 e. The molecule has 0 amide bonds. The molecule has 2 aliphatic heterocycles. The Bertz CT molecular complexity index is 453. The fraction of sp³-hybridized carbons (Fsp3) is 0.909. The van der Waals surface area contributed by atoms with Gasteiger partial charge in [-0.1, -0.05) is 6.92 Å². The lowest BCUT2D eigenvalue weighted by molar-refractivity contribution is 0.0324. The highest BCUT2D eigenvalue weighted by molar-refractivity contribution is 7.86. The molecule has 2 fully saturated rings. The van der Waals surface area contributed by atoms with Gasteiger partial charge in [0.1, 0.15) is 0 Å². The molecule has 1 unspecified atom stereocenters.